The van der Waals surface area contributed by atoms with Gasteiger partial charge in [-0.1, -0.05) is 29.8 Å². The van der Waals surface area contributed by atoms with Crippen molar-refractivity contribution in [3.63, 3.8) is 0 Å². The molecular formula is C10H13ClF3N. The predicted octanol–water partition coefficient (Wildman–Crippen LogP) is 2.85. The van der Waals surface area contributed by atoms with Crippen LogP contribution in [-0.4, -0.2) is 12.2 Å². The maximum atomic E-state index is 12.1. The van der Waals surface area contributed by atoms with Gasteiger partial charge in [-0.15, -0.1) is 12.4 Å². The number of hydrogen-bond donors (Lipinski definition) is 1. The highest BCUT2D eigenvalue weighted by Crippen LogP contribution is 2.21. The van der Waals surface area contributed by atoms with Crippen LogP contribution in [0.25, 0.3) is 0 Å². The number of hydrogen-bond acceptors (Lipinski definition) is 1. The van der Waals surface area contributed by atoms with Crippen molar-refractivity contribution in [1.29, 1.82) is 0 Å². The zero-order chi connectivity index (χ0) is 10.8. The van der Waals surface area contributed by atoms with Crippen molar-refractivity contribution in [1.82, 2.24) is 0 Å². The molecule has 0 bridgehead atoms. The number of nitrogens with two attached hydrogens (primary N) is 1. The quantitative estimate of drug-likeness (QED) is 0.844. The molecule has 0 aliphatic heterocycles. The average Bonchev–Trinajstić information content (AvgIpc) is 2.07. The van der Waals surface area contributed by atoms with E-state index in [1.165, 1.54) is 0 Å². The third kappa shape index (κ3) is 4.53. The Hall–Kier alpha value is -0.740. The van der Waals surface area contributed by atoms with Crippen LogP contribution in [0, 0.1) is 6.92 Å². The van der Waals surface area contributed by atoms with Gasteiger partial charge in [-0.05, 0) is 18.9 Å². The highest BCUT2D eigenvalue weighted by atomic mass is 35.5. The summed E-state index contributed by atoms with van der Waals surface area (Å²) in [7, 11) is 0. The van der Waals surface area contributed by atoms with Crippen molar-refractivity contribution < 1.29 is 13.2 Å². The fourth-order valence-corrected chi connectivity index (χ4v) is 1.09. The maximum absolute atomic E-state index is 12.1. The number of aryl methyl sites for hydroxylation is 1. The summed E-state index contributed by atoms with van der Waals surface area (Å²) in [4.78, 5) is 0. The molecule has 86 valence electrons. The van der Waals surface area contributed by atoms with Crippen LogP contribution in [0.5, 0.6) is 0 Å². The Kier molecular flexibility index (Phi) is 5.11. The molecule has 1 rings (SSSR count). The minimum atomic E-state index is -4.31. The normalized spacial score (nSPS) is 13.1. The van der Waals surface area contributed by atoms with Gasteiger partial charge < -0.3 is 5.73 Å². The molecule has 0 amide bonds. The zero-order valence-electron chi connectivity index (χ0n) is 8.21. The van der Waals surface area contributed by atoms with E-state index in [2.05, 4.69) is 0 Å². The van der Waals surface area contributed by atoms with Gasteiger partial charge in [-0.3, -0.25) is 0 Å². The molecule has 0 saturated heterocycles. The standard InChI is InChI=1S/C10H12F3N.ClH/c1-7-2-4-8(5-3-7)6-9(14)10(11,12)13;/h2-5,9H,6,14H2,1H3;1H. The van der Waals surface area contributed by atoms with Crippen LogP contribution in [0.15, 0.2) is 24.3 Å². The Morgan fingerprint density at radius 3 is 2.07 bits per heavy atom. The van der Waals surface area contributed by atoms with Gasteiger partial charge in [0, 0.05) is 0 Å². The SMILES string of the molecule is Cc1ccc(CC(N)C(F)(F)F)cc1.Cl. The maximum Gasteiger partial charge on any atom is 0.403 e. The largest absolute Gasteiger partial charge is 0.403 e. The van der Waals surface area contributed by atoms with Crippen molar-refractivity contribution in [2.45, 2.75) is 25.6 Å². The summed E-state index contributed by atoms with van der Waals surface area (Å²) in [6, 6.07) is 5.11. The first-order chi connectivity index (χ1) is 6.39. The van der Waals surface area contributed by atoms with Crippen molar-refractivity contribution in [2.24, 2.45) is 5.73 Å². The lowest BCUT2D eigenvalue weighted by molar-refractivity contribution is -0.147. The third-order valence-electron chi connectivity index (χ3n) is 2.00. The molecule has 1 aromatic carbocycles. The first-order valence-electron chi connectivity index (χ1n) is 4.27. The van der Waals surface area contributed by atoms with Gasteiger partial charge in [0.1, 0.15) is 6.04 Å². The highest BCUT2D eigenvalue weighted by molar-refractivity contribution is 5.85. The molecular weight excluding hydrogens is 227 g/mol. The fraction of sp³-hybridized carbons (Fsp3) is 0.400. The van der Waals surface area contributed by atoms with E-state index in [1.54, 1.807) is 24.3 Å². The molecule has 1 aromatic rings. The Labute approximate surface area is 92.9 Å². The van der Waals surface area contributed by atoms with E-state index in [9.17, 15) is 13.2 Å². The van der Waals surface area contributed by atoms with E-state index in [0.717, 1.165) is 5.56 Å². The second-order valence-electron chi connectivity index (χ2n) is 3.34. The number of alkyl halides is 3. The van der Waals surface area contributed by atoms with Crippen LogP contribution in [0.2, 0.25) is 0 Å². The molecule has 2 N–H and O–H groups in total. The van der Waals surface area contributed by atoms with Crippen LogP contribution in [0.4, 0.5) is 13.2 Å². The Morgan fingerprint density at radius 2 is 1.67 bits per heavy atom. The Morgan fingerprint density at radius 1 is 1.20 bits per heavy atom. The summed E-state index contributed by atoms with van der Waals surface area (Å²) in [6.07, 6.45) is -4.48. The summed E-state index contributed by atoms with van der Waals surface area (Å²) in [6.45, 7) is 1.88. The van der Waals surface area contributed by atoms with Crippen molar-refractivity contribution in [3.8, 4) is 0 Å². The van der Waals surface area contributed by atoms with E-state index in [4.69, 9.17) is 5.73 Å². The van der Waals surface area contributed by atoms with Gasteiger partial charge in [-0.25, -0.2) is 0 Å². The van der Waals surface area contributed by atoms with Gasteiger partial charge in [-0.2, -0.15) is 13.2 Å². The van der Waals surface area contributed by atoms with E-state index >= 15 is 0 Å². The molecule has 0 spiro atoms. The molecule has 1 nitrogen and oxygen atoms in total. The molecule has 0 saturated carbocycles. The van der Waals surface area contributed by atoms with E-state index in [-0.39, 0.29) is 18.8 Å². The Balaban J connectivity index is 0.00000196. The molecule has 15 heavy (non-hydrogen) atoms. The second-order valence-corrected chi connectivity index (χ2v) is 3.34. The van der Waals surface area contributed by atoms with Crippen molar-refractivity contribution in [3.05, 3.63) is 35.4 Å². The number of halogens is 4. The molecule has 0 aromatic heterocycles. The molecule has 1 unspecified atom stereocenters. The molecule has 1 atom stereocenters. The van der Waals surface area contributed by atoms with Gasteiger partial charge in [0.2, 0.25) is 0 Å². The zero-order valence-corrected chi connectivity index (χ0v) is 9.03. The lowest BCUT2D eigenvalue weighted by Gasteiger charge is -2.15. The second kappa shape index (κ2) is 5.37. The summed E-state index contributed by atoms with van der Waals surface area (Å²) >= 11 is 0. The lowest BCUT2D eigenvalue weighted by Crippen LogP contribution is -2.39. The summed E-state index contributed by atoms with van der Waals surface area (Å²) in [5.41, 5.74) is 6.63. The average molecular weight is 240 g/mol. The van der Waals surface area contributed by atoms with Crippen LogP contribution in [0.3, 0.4) is 0 Å². The smallest absolute Gasteiger partial charge is 0.320 e. The van der Waals surface area contributed by atoms with Crippen molar-refractivity contribution in [2.75, 3.05) is 0 Å². The minimum Gasteiger partial charge on any atom is -0.320 e. The highest BCUT2D eigenvalue weighted by Gasteiger charge is 2.36. The van der Waals surface area contributed by atoms with Gasteiger partial charge in [0.05, 0.1) is 0 Å². The third-order valence-corrected chi connectivity index (χ3v) is 2.00. The van der Waals surface area contributed by atoms with Gasteiger partial charge in [0.15, 0.2) is 0 Å². The molecule has 0 radical (unpaired) electrons. The predicted molar refractivity (Wildman–Crippen MR) is 56.2 cm³/mol. The van der Waals surface area contributed by atoms with Crippen LogP contribution in [-0.2, 0) is 6.42 Å². The first kappa shape index (κ1) is 14.3. The first-order valence-corrected chi connectivity index (χ1v) is 4.27. The summed E-state index contributed by atoms with van der Waals surface area (Å²) in [5.74, 6) is 0. The number of benzene rings is 1. The minimum absolute atomic E-state index is 0. The van der Waals surface area contributed by atoms with E-state index in [1.807, 2.05) is 6.92 Å². The van der Waals surface area contributed by atoms with Gasteiger partial charge in [0.25, 0.3) is 0 Å². The molecule has 5 heteroatoms. The number of rotatable bonds is 2. The summed E-state index contributed by atoms with van der Waals surface area (Å²) in [5, 5.41) is 0. The van der Waals surface area contributed by atoms with Crippen LogP contribution >= 0.6 is 12.4 Å². The van der Waals surface area contributed by atoms with Gasteiger partial charge >= 0.3 is 6.18 Å². The fourth-order valence-electron chi connectivity index (χ4n) is 1.09. The van der Waals surface area contributed by atoms with E-state index in [0.29, 0.717) is 5.56 Å². The molecule has 0 heterocycles. The van der Waals surface area contributed by atoms with Crippen molar-refractivity contribution >= 4 is 12.4 Å². The topological polar surface area (TPSA) is 26.0 Å². The van der Waals surface area contributed by atoms with E-state index < -0.39 is 12.2 Å². The Bertz CT molecular complexity index is 295. The molecule has 0 aliphatic carbocycles. The van der Waals surface area contributed by atoms with Crippen LogP contribution in [0.1, 0.15) is 11.1 Å². The molecule has 0 fully saturated rings. The monoisotopic (exact) mass is 239 g/mol. The lowest BCUT2D eigenvalue weighted by atomic mass is 10.1. The summed E-state index contributed by atoms with van der Waals surface area (Å²) < 4.78 is 36.3. The molecule has 0 aliphatic rings. The van der Waals surface area contributed by atoms with Crippen LogP contribution < -0.4 is 5.73 Å².